The molecule has 0 amide bonds. The molecule has 0 aliphatic rings. The topological polar surface area (TPSA) is 38.3 Å². The third-order valence-electron chi connectivity index (χ3n) is 4.62. The number of esters is 1. The number of halogens is 1. The fourth-order valence-corrected chi connectivity index (χ4v) is 2.99. The molecule has 2 rings (SSSR count). The maximum Gasteiger partial charge on any atom is 0.312 e. The molecular weight excluding hydrogens is 358 g/mol. The van der Waals surface area contributed by atoms with Gasteiger partial charge in [0, 0.05) is 6.54 Å². The van der Waals surface area contributed by atoms with E-state index in [0.717, 1.165) is 11.3 Å². The molecule has 3 nitrogen and oxygen atoms in total. The molecule has 0 saturated heterocycles. The van der Waals surface area contributed by atoms with Crippen molar-refractivity contribution in [3.8, 4) is 0 Å². The smallest absolute Gasteiger partial charge is 0.312 e. The van der Waals surface area contributed by atoms with E-state index in [2.05, 4.69) is 17.4 Å². The summed E-state index contributed by atoms with van der Waals surface area (Å²) in [5.41, 5.74) is 2.06. The summed E-state index contributed by atoms with van der Waals surface area (Å²) in [4.78, 5) is 12.7. The molecule has 0 fully saturated rings. The van der Waals surface area contributed by atoms with Crippen LogP contribution in [0.3, 0.4) is 0 Å². The monoisotopic (exact) mass is 387 g/mol. The Morgan fingerprint density at radius 3 is 2.30 bits per heavy atom. The van der Waals surface area contributed by atoms with Crippen molar-refractivity contribution in [2.45, 2.75) is 59.6 Å². The van der Waals surface area contributed by atoms with E-state index >= 15 is 0 Å². The number of hydrogen-bond acceptors (Lipinski definition) is 3. The Labute approximate surface area is 168 Å². The number of rotatable bonds is 7. The van der Waals surface area contributed by atoms with Crippen molar-refractivity contribution < 1.29 is 9.53 Å². The summed E-state index contributed by atoms with van der Waals surface area (Å²) >= 11 is 6.36. The number of carbonyl (C=O) groups excluding carboxylic acids is 1. The number of ether oxygens (including phenoxy) is 1. The average Bonchev–Trinajstić information content (AvgIpc) is 2.61. The van der Waals surface area contributed by atoms with Crippen LogP contribution in [0.25, 0.3) is 0 Å². The number of carbonyl (C=O) groups is 1. The molecule has 1 N–H and O–H groups in total. The van der Waals surface area contributed by atoms with E-state index in [4.69, 9.17) is 16.3 Å². The Morgan fingerprint density at radius 2 is 1.70 bits per heavy atom. The van der Waals surface area contributed by atoms with Crippen LogP contribution in [0.15, 0.2) is 48.5 Å². The zero-order valence-corrected chi connectivity index (χ0v) is 17.7. The highest BCUT2D eigenvalue weighted by molar-refractivity contribution is 6.33. The molecule has 27 heavy (non-hydrogen) atoms. The second-order valence-corrected chi connectivity index (χ2v) is 8.65. The normalized spacial score (nSPS) is 13.7. The Kier molecular flexibility index (Phi) is 6.94. The van der Waals surface area contributed by atoms with Crippen LogP contribution in [-0.2, 0) is 22.5 Å². The van der Waals surface area contributed by atoms with Crippen molar-refractivity contribution in [1.82, 2.24) is 0 Å². The molecule has 2 aromatic carbocycles. The molecule has 0 heterocycles. The first-order chi connectivity index (χ1) is 12.6. The largest absolute Gasteiger partial charge is 0.460 e. The molecule has 0 aromatic heterocycles. The van der Waals surface area contributed by atoms with Crippen molar-refractivity contribution in [2.75, 3.05) is 5.32 Å². The highest BCUT2D eigenvalue weighted by Crippen LogP contribution is 2.32. The van der Waals surface area contributed by atoms with Crippen LogP contribution >= 0.6 is 11.6 Å². The minimum atomic E-state index is -0.572. The van der Waals surface area contributed by atoms with Gasteiger partial charge in [-0.05, 0) is 63.8 Å². The second-order valence-electron chi connectivity index (χ2n) is 8.25. The molecule has 0 aliphatic carbocycles. The van der Waals surface area contributed by atoms with Gasteiger partial charge >= 0.3 is 5.97 Å². The number of hydrogen-bond donors (Lipinski definition) is 1. The molecule has 2 aromatic rings. The lowest BCUT2D eigenvalue weighted by atomic mass is 9.81. The van der Waals surface area contributed by atoms with Crippen LogP contribution in [0, 0.1) is 5.41 Å². The summed E-state index contributed by atoms with van der Waals surface area (Å²) in [5, 5.41) is 4.06. The Hall–Kier alpha value is -2.00. The first-order valence-corrected chi connectivity index (χ1v) is 9.80. The van der Waals surface area contributed by atoms with Crippen LogP contribution in [0.5, 0.6) is 0 Å². The van der Waals surface area contributed by atoms with Gasteiger partial charge in [-0.2, -0.15) is 0 Å². The molecule has 0 radical (unpaired) electrons. The lowest BCUT2D eigenvalue weighted by Crippen LogP contribution is -2.37. The van der Waals surface area contributed by atoms with Crippen molar-refractivity contribution in [1.29, 1.82) is 0 Å². The third-order valence-corrected chi connectivity index (χ3v) is 4.95. The summed E-state index contributed by atoms with van der Waals surface area (Å²) in [6, 6.07) is 16.1. The van der Waals surface area contributed by atoms with E-state index in [1.807, 2.05) is 71.0 Å². The van der Waals surface area contributed by atoms with Gasteiger partial charge in [0.25, 0.3) is 0 Å². The highest BCUT2D eigenvalue weighted by atomic mass is 35.5. The maximum atomic E-state index is 12.7. The van der Waals surface area contributed by atoms with Crippen molar-refractivity contribution >= 4 is 23.3 Å². The molecular formula is C23H30ClNO2. The fraction of sp³-hybridized carbons (Fsp3) is 0.435. The molecule has 146 valence electrons. The van der Waals surface area contributed by atoms with Gasteiger partial charge in [0.1, 0.15) is 5.60 Å². The second kappa shape index (κ2) is 8.79. The molecule has 0 saturated carbocycles. The van der Waals surface area contributed by atoms with E-state index in [1.165, 1.54) is 5.56 Å². The SMILES string of the molecule is CCC(C)(Cc1ccc(Cl)c(NCc2ccccc2)c1)C(=O)OC(C)(C)C. The summed E-state index contributed by atoms with van der Waals surface area (Å²) in [5.74, 6) is -0.161. The summed E-state index contributed by atoms with van der Waals surface area (Å²) in [6.45, 7) is 10.4. The fourth-order valence-electron chi connectivity index (χ4n) is 2.80. The maximum absolute atomic E-state index is 12.7. The first-order valence-electron chi connectivity index (χ1n) is 9.42. The van der Waals surface area contributed by atoms with Crippen molar-refractivity contribution in [3.63, 3.8) is 0 Å². The average molecular weight is 388 g/mol. The van der Waals surface area contributed by atoms with Gasteiger partial charge in [0.15, 0.2) is 0 Å². The quantitative estimate of drug-likeness (QED) is 0.570. The molecule has 0 spiro atoms. The lowest BCUT2D eigenvalue weighted by molar-refractivity contribution is -0.166. The van der Waals surface area contributed by atoms with Crippen molar-refractivity contribution in [2.24, 2.45) is 5.41 Å². The minimum Gasteiger partial charge on any atom is -0.460 e. The third kappa shape index (κ3) is 6.28. The standard InChI is InChI=1S/C23H30ClNO2/c1-6-23(5,21(26)27-22(2,3)4)15-18-12-13-19(24)20(14-18)25-16-17-10-8-7-9-11-17/h7-14,25H,6,15-16H2,1-5H3. The Bertz CT molecular complexity index is 768. The molecule has 0 bridgehead atoms. The number of anilines is 1. The van der Waals surface area contributed by atoms with Gasteiger partial charge in [-0.25, -0.2) is 0 Å². The van der Waals surface area contributed by atoms with E-state index in [1.54, 1.807) is 0 Å². The van der Waals surface area contributed by atoms with Crippen LogP contribution in [0.2, 0.25) is 5.02 Å². The van der Waals surface area contributed by atoms with Crippen LogP contribution in [0.4, 0.5) is 5.69 Å². The number of nitrogens with one attached hydrogen (secondary N) is 1. The van der Waals surface area contributed by atoms with E-state index in [-0.39, 0.29) is 5.97 Å². The molecule has 1 unspecified atom stereocenters. The van der Waals surface area contributed by atoms with E-state index in [9.17, 15) is 4.79 Å². The van der Waals surface area contributed by atoms with E-state index in [0.29, 0.717) is 24.4 Å². The number of benzene rings is 2. The molecule has 0 aliphatic heterocycles. The van der Waals surface area contributed by atoms with E-state index < -0.39 is 11.0 Å². The summed E-state index contributed by atoms with van der Waals surface area (Å²) < 4.78 is 5.64. The predicted octanol–water partition coefficient (Wildman–Crippen LogP) is 6.25. The zero-order chi connectivity index (χ0) is 20.1. The van der Waals surface area contributed by atoms with Gasteiger partial charge in [-0.3, -0.25) is 4.79 Å². The molecule has 1 atom stereocenters. The van der Waals surface area contributed by atoms with Gasteiger partial charge in [-0.15, -0.1) is 0 Å². The van der Waals surface area contributed by atoms with Gasteiger partial charge in [0.2, 0.25) is 0 Å². The van der Waals surface area contributed by atoms with Crippen molar-refractivity contribution in [3.05, 3.63) is 64.7 Å². The molecule has 4 heteroatoms. The van der Waals surface area contributed by atoms with Gasteiger partial charge in [-0.1, -0.05) is 54.9 Å². The Balaban J connectivity index is 2.14. The Morgan fingerprint density at radius 1 is 1.04 bits per heavy atom. The predicted molar refractivity (Wildman–Crippen MR) is 113 cm³/mol. The summed E-state index contributed by atoms with van der Waals surface area (Å²) in [7, 11) is 0. The van der Waals surface area contributed by atoms with Gasteiger partial charge in [0.05, 0.1) is 16.1 Å². The van der Waals surface area contributed by atoms with Crippen LogP contribution < -0.4 is 5.32 Å². The minimum absolute atomic E-state index is 0.161. The first kappa shape index (κ1) is 21.3. The van der Waals surface area contributed by atoms with Crippen LogP contribution in [0.1, 0.15) is 52.2 Å². The van der Waals surface area contributed by atoms with Crippen LogP contribution in [-0.4, -0.2) is 11.6 Å². The summed E-state index contributed by atoms with van der Waals surface area (Å²) in [6.07, 6.45) is 1.31. The lowest BCUT2D eigenvalue weighted by Gasteiger charge is -2.31. The zero-order valence-electron chi connectivity index (χ0n) is 16.9. The van der Waals surface area contributed by atoms with Gasteiger partial charge < -0.3 is 10.1 Å². The highest BCUT2D eigenvalue weighted by Gasteiger charge is 2.35.